The van der Waals surface area contributed by atoms with E-state index in [0.717, 1.165) is 15.2 Å². The third-order valence-electron chi connectivity index (χ3n) is 3.74. The van der Waals surface area contributed by atoms with Crippen molar-refractivity contribution in [2.45, 2.75) is 11.8 Å². The lowest BCUT2D eigenvalue weighted by molar-refractivity contribution is 0.488. The Morgan fingerprint density at radius 1 is 1.22 bits per heavy atom. The quantitative estimate of drug-likeness (QED) is 0.403. The van der Waals surface area contributed by atoms with E-state index in [0.29, 0.717) is 5.69 Å². The molecule has 5 N–H and O–H groups in total. The lowest BCUT2D eigenvalue weighted by atomic mass is 10.1. The smallest absolute Gasteiger partial charge is 0.292 e. The van der Waals surface area contributed by atoms with E-state index >= 15 is 0 Å². The Balaban J connectivity index is 2.30. The molecule has 0 radical (unpaired) electrons. The predicted molar refractivity (Wildman–Crippen MR) is 103 cm³/mol. The molecule has 2 aromatic carbocycles. The Morgan fingerprint density at radius 2 is 1.93 bits per heavy atom. The number of hydrogen-bond donors (Lipinski definition) is 4. The van der Waals surface area contributed by atoms with Crippen molar-refractivity contribution in [3.63, 3.8) is 0 Å². The van der Waals surface area contributed by atoms with Crippen LogP contribution in [0.4, 0.5) is 20.2 Å². The highest BCUT2D eigenvalue weighted by Crippen LogP contribution is 2.35. The summed E-state index contributed by atoms with van der Waals surface area (Å²) in [5.74, 6) is -3.16. The van der Waals surface area contributed by atoms with Crippen molar-refractivity contribution in [1.29, 1.82) is 0 Å². The van der Waals surface area contributed by atoms with Gasteiger partial charge in [-0.1, -0.05) is 0 Å². The second-order valence-electron chi connectivity index (χ2n) is 5.58. The topological polar surface area (TPSA) is 134 Å². The number of aromatic nitrogens is 3. The molecule has 0 bridgehead atoms. The fourth-order valence-electron chi connectivity index (χ4n) is 2.45. The van der Waals surface area contributed by atoms with E-state index in [2.05, 4.69) is 43.3 Å². The van der Waals surface area contributed by atoms with Gasteiger partial charge in [0.2, 0.25) is 10.0 Å². The van der Waals surface area contributed by atoms with Gasteiger partial charge in [0.15, 0.2) is 17.3 Å². The van der Waals surface area contributed by atoms with Gasteiger partial charge in [-0.2, -0.15) is 5.10 Å². The second kappa shape index (κ2) is 7.01. The fourth-order valence-corrected chi connectivity index (χ4v) is 3.72. The molecule has 1 heterocycles. The van der Waals surface area contributed by atoms with E-state index < -0.39 is 37.8 Å². The van der Waals surface area contributed by atoms with Gasteiger partial charge in [-0.25, -0.2) is 32.6 Å². The standard InChI is InChI=1S/C15H12F2IN5O3S/c1-6-4-7(18)2-3-9(6)20-13-8(14-15(24)22-23-21-14)5-10(27(19,25)26)11(16)12(13)17/h2-5,20H,1H3,(H2,19,25,26)(H2,21,22,23,24). The minimum atomic E-state index is -4.58. The van der Waals surface area contributed by atoms with Crippen LogP contribution in [0.1, 0.15) is 5.56 Å². The molecular weight excluding hydrogens is 495 g/mol. The lowest BCUT2D eigenvalue weighted by Gasteiger charge is -2.16. The highest BCUT2D eigenvalue weighted by molar-refractivity contribution is 14.1. The van der Waals surface area contributed by atoms with Gasteiger partial charge in [0, 0.05) is 14.8 Å². The lowest BCUT2D eigenvalue weighted by Crippen LogP contribution is -2.17. The molecule has 0 aliphatic carbocycles. The Morgan fingerprint density at radius 3 is 2.48 bits per heavy atom. The number of halogens is 3. The molecule has 27 heavy (non-hydrogen) atoms. The highest BCUT2D eigenvalue weighted by atomic mass is 127. The molecule has 0 spiro atoms. The zero-order chi connectivity index (χ0) is 19.9. The summed E-state index contributed by atoms with van der Waals surface area (Å²) >= 11 is 2.10. The number of aryl methyl sites for hydroxylation is 1. The van der Waals surface area contributed by atoms with Crippen LogP contribution in [0.2, 0.25) is 0 Å². The summed E-state index contributed by atoms with van der Waals surface area (Å²) in [6.45, 7) is 1.75. The van der Waals surface area contributed by atoms with Crippen molar-refractivity contribution in [3.05, 3.63) is 55.4 Å². The number of primary sulfonamides is 1. The molecule has 0 atom stereocenters. The number of aromatic amines is 2. The number of nitrogens with one attached hydrogen (secondary N) is 3. The molecule has 0 saturated heterocycles. The number of H-pyrrole nitrogens is 2. The average Bonchev–Trinajstić information content (AvgIpc) is 2.99. The van der Waals surface area contributed by atoms with Gasteiger partial charge < -0.3 is 5.32 Å². The zero-order valence-electron chi connectivity index (χ0n) is 13.6. The monoisotopic (exact) mass is 507 g/mol. The van der Waals surface area contributed by atoms with Gasteiger partial charge in [0.25, 0.3) is 5.56 Å². The normalized spacial score (nSPS) is 11.6. The van der Waals surface area contributed by atoms with Crippen LogP contribution in [0.15, 0.2) is 34.0 Å². The maximum atomic E-state index is 14.8. The number of hydrogen-bond acceptors (Lipinski definition) is 5. The SMILES string of the molecule is Cc1cc(I)ccc1Nc1c(-c2n[nH][nH]c2=O)cc(S(N)(=O)=O)c(F)c1F. The summed E-state index contributed by atoms with van der Waals surface area (Å²) in [5, 5.41) is 15.7. The van der Waals surface area contributed by atoms with Crippen molar-refractivity contribution in [1.82, 2.24) is 15.4 Å². The van der Waals surface area contributed by atoms with Crippen molar-refractivity contribution in [2.24, 2.45) is 5.14 Å². The molecule has 0 fully saturated rings. The highest BCUT2D eigenvalue weighted by Gasteiger charge is 2.27. The van der Waals surface area contributed by atoms with Crippen molar-refractivity contribution in [3.8, 4) is 11.3 Å². The summed E-state index contributed by atoms with van der Waals surface area (Å²) in [7, 11) is -4.58. The Labute approximate surface area is 165 Å². The first-order valence-electron chi connectivity index (χ1n) is 7.31. The number of benzene rings is 2. The molecule has 0 amide bonds. The molecule has 0 unspecified atom stereocenters. The van der Waals surface area contributed by atoms with Crippen LogP contribution < -0.4 is 16.0 Å². The molecule has 3 rings (SSSR count). The molecule has 8 nitrogen and oxygen atoms in total. The van der Waals surface area contributed by atoms with Crippen LogP contribution in [0, 0.1) is 22.1 Å². The van der Waals surface area contributed by atoms with E-state index in [-0.39, 0.29) is 11.3 Å². The first-order chi connectivity index (χ1) is 12.6. The third kappa shape index (κ3) is 3.72. The van der Waals surface area contributed by atoms with Crippen LogP contribution in [-0.2, 0) is 10.0 Å². The fraction of sp³-hybridized carbons (Fsp3) is 0.0667. The first-order valence-corrected chi connectivity index (χ1v) is 9.93. The number of sulfonamides is 1. The Kier molecular flexibility index (Phi) is 5.05. The molecule has 0 saturated carbocycles. The van der Waals surface area contributed by atoms with Crippen LogP contribution in [0.3, 0.4) is 0 Å². The minimum Gasteiger partial charge on any atom is -0.352 e. The third-order valence-corrected chi connectivity index (χ3v) is 5.32. The minimum absolute atomic E-state index is 0.265. The van der Waals surface area contributed by atoms with E-state index in [4.69, 9.17) is 5.14 Å². The molecule has 0 aliphatic rings. The van der Waals surface area contributed by atoms with Crippen LogP contribution in [0.5, 0.6) is 0 Å². The molecule has 3 aromatic rings. The van der Waals surface area contributed by atoms with Crippen molar-refractivity contribution in [2.75, 3.05) is 5.32 Å². The van der Waals surface area contributed by atoms with Gasteiger partial charge in [0.05, 0.1) is 5.69 Å². The van der Waals surface area contributed by atoms with E-state index in [1.165, 1.54) is 0 Å². The molecule has 12 heteroatoms. The van der Waals surface area contributed by atoms with Gasteiger partial charge in [-0.3, -0.25) is 4.79 Å². The summed E-state index contributed by atoms with van der Waals surface area (Å²) in [5.41, 5.74) is -0.627. The largest absolute Gasteiger partial charge is 0.352 e. The summed E-state index contributed by atoms with van der Waals surface area (Å²) < 4.78 is 53.3. The Hall–Kier alpha value is -2.32. The van der Waals surface area contributed by atoms with Crippen molar-refractivity contribution < 1.29 is 17.2 Å². The molecular formula is C15H12F2IN5O3S. The zero-order valence-corrected chi connectivity index (χ0v) is 16.6. The molecule has 142 valence electrons. The maximum absolute atomic E-state index is 14.8. The van der Waals surface area contributed by atoms with E-state index in [1.807, 2.05) is 0 Å². The van der Waals surface area contributed by atoms with Crippen LogP contribution in [-0.4, -0.2) is 23.8 Å². The van der Waals surface area contributed by atoms with Gasteiger partial charge in [-0.05, 0) is 59.3 Å². The Bertz CT molecular complexity index is 1210. The van der Waals surface area contributed by atoms with E-state index in [1.54, 1.807) is 25.1 Å². The van der Waals surface area contributed by atoms with Crippen LogP contribution >= 0.6 is 22.6 Å². The summed E-state index contributed by atoms with van der Waals surface area (Å²) in [6.07, 6.45) is 0. The van der Waals surface area contributed by atoms with Crippen LogP contribution in [0.25, 0.3) is 11.3 Å². The summed E-state index contributed by atoms with van der Waals surface area (Å²) in [4.78, 5) is 10.8. The number of anilines is 2. The van der Waals surface area contributed by atoms with E-state index in [9.17, 15) is 22.0 Å². The number of rotatable bonds is 4. The van der Waals surface area contributed by atoms with Gasteiger partial charge >= 0.3 is 0 Å². The van der Waals surface area contributed by atoms with Gasteiger partial charge in [-0.15, -0.1) is 0 Å². The van der Waals surface area contributed by atoms with Gasteiger partial charge in [0.1, 0.15) is 4.90 Å². The summed E-state index contributed by atoms with van der Waals surface area (Å²) in [6, 6.07) is 5.95. The number of nitrogens with two attached hydrogens (primary N) is 1. The van der Waals surface area contributed by atoms with Crippen molar-refractivity contribution >= 4 is 44.0 Å². The molecule has 1 aromatic heterocycles. The average molecular weight is 507 g/mol. The molecule has 0 aliphatic heterocycles. The second-order valence-corrected chi connectivity index (χ2v) is 8.36. The number of nitrogens with zero attached hydrogens (tertiary/aromatic N) is 1. The first kappa shape index (κ1) is 19.4. The predicted octanol–water partition coefficient (Wildman–Crippen LogP) is 2.35. The maximum Gasteiger partial charge on any atom is 0.292 e.